The molecule has 1 unspecified atom stereocenters. The molecule has 1 fully saturated rings. The number of rotatable bonds is 4. The maximum absolute atomic E-state index is 12.0. The van der Waals surface area contributed by atoms with Gasteiger partial charge in [0.05, 0.1) is 0 Å². The average Bonchev–Trinajstić information content (AvgIpc) is 2.55. The maximum atomic E-state index is 12.0. The standard InChI is InChI=1S/C19H28N2O/c1-3-21-18-11-10-17(13-16(18)9-12-19(21)22)20-14(2)15-7-5-4-6-8-15/h10-11,13-15,20H,3-9,12H2,1-2H3. The molecule has 0 aromatic heterocycles. The highest BCUT2D eigenvalue weighted by Gasteiger charge is 2.24. The lowest BCUT2D eigenvalue weighted by Gasteiger charge is -2.31. The van der Waals surface area contributed by atoms with Crippen molar-refractivity contribution < 1.29 is 4.79 Å². The number of amides is 1. The Balaban J connectivity index is 1.72. The average molecular weight is 300 g/mol. The number of hydrogen-bond acceptors (Lipinski definition) is 2. The lowest BCUT2D eigenvalue weighted by atomic mass is 9.84. The van der Waals surface area contributed by atoms with Crippen LogP contribution in [0.25, 0.3) is 0 Å². The Morgan fingerprint density at radius 1 is 1.23 bits per heavy atom. The summed E-state index contributed by atoms with van der Waals surface area (Å²) >= 11 is 0. The fraction of sp³-hybridized carbons (Fsp3) is 0.632. The van der Waals surface area contributed by atoms with E-state index in [-0.39, 0.29) is 5.91 Å². The quantitative estimate of drug-likeness (QED) is 0.895. The summed E-state index contributed by atoms with van der Waals surface area (Å²) in [5.74, 6) is 1.06. The van der Waals surface area contributed by atoms with E-state index in [1.165, 1.54) is 43.4 Å². The number of anilines is 2. The Kier molecular flexibility index (Phi) is 4.70. The van der Waals surface area contributed by atoms with Crippen molar-refractivity contribution in [2.45, 2.75) is 64.8 Å². The molecule has 1 atom stereocenters. The number of nitrogens with zero attached hydrogens (tertiary/aromatic N) is 1. The molecule has 1 aromatic carbocycles. The summed E-state index contributed by atoms with van der Waals surface area (Å²) in [7, 11) is 0. The van der Waals surface area contributed by atoms with Crippen molar-refractivity contribution in [1.82, 2.24) is 0 Å². The first-order valence-electron chi connectivity index (χ1n) is 8.89. The second-order valence-corrected chi connectivity index (χ2v) is 6.81. The van der Waals surface area contributed by atoms with Gasteiger partial charge in [0.2, 0.25) is 5.91 Å². The molecular formula is C19H28N2O. The van der Waals surface area contributed by atoms with Gasteiger partial charge in [-0.05, 0) is 62.8 Å². The summed E-state index contributed by atoms with van der Waals surface area (Å²) in [4.78, 5) is 13.9. The van der Waals surface area contributed by atoms with E-state index in [4.69, 9.17) is 0 Å². The van der Waals surface area contributed by atoms with Gasteiger partial charge in [-0.15, -0.1) is 0 Å². The number of nitrogens with one attached hydrogen (secondary N) is 1. The van der Waals surface area contributed by atoms with Gasteiger partial charge >= 0.3 is 0 Å². The van der Waals surface area contributed by atoms with E-state index in [0.29, 0.717) is 12.5 Å². The second-order valence-electron chi connectivity index (χ2n) is 6.81. The third-order valence-corrected chi connectivity index (χ3v) is 5.35. The monoisotopic (exact) mass is 300 g/mol. The molecule has 1 N–H and O–H groups in total. The molecule has 3 heteroatoms. The largest absolute Gasteiger partial charge is 0.382 e. The fourth-order valence-corrected chi connectivity index (χ4v) is 4.01. The Labute approximate surface area is 134 Å². The van der Waals surface area contributed by atoms with E-state index in [1.807, 2.05) is 11.8 Å². The van der Waals surface area contributed by atoms with Gasteiger partial charge in [0.1, 0.15) is 0 Å². The number of carbonyl (C=O) groups is 1. The van der Waals surface area contributed by atoms with Crippen LogP contribution >= 0.6 is 0 Å². The molecule has 1 saturated carbocycles. The van der Waals surface area contributed by atoms with Gasteiger partial charge in [0, 0.05) is 30.4 Å². The van der Waals surface area contributed by atoms with Crippen molar-refractivity contribution in [3.63, 3.8) is 0 Å². The van der Waals surface area contributed by atoms with Crippen LogP contribution in [0.2, 0.25) is 0 Å². The first kappa shape index (κ1) is 15.4. The van der Waals surface area contributed by atoms with Crippen molar-refractivity contribution in [2.75, 3.05) is 16.8 Å². The van der Waals surface area contributed by atoms with Crippen LogP contribution in [0, 0.1) is 5.92 Å². The minimum Gasteiger partial charge on any atom is -0.382 e. The highest BCUT2D eigenvalue weighted by atomic mass is 16.2. The van der Waals surface area contributed by atoms with E-state index in [9.17, 15) is 4.79 Å². The van der Waals surface area contributed by atoms with Crippen molar-refractivity contribution in [2.24, 2.45) is 5.92 Å². The molecule has 1 aliphatic heterocycles. The number of aryl methyl sites for hydroxylation is 1. The molecule has 3 nitrogen and oxygen atoms in total. The van der Waals surface area contributed by atoms with Crippen LogP contribution in [0.3, 0.4) is 0 Å². The summed E-state index contributed by atoms with van der Waals surface area (Å²) in [6.45, 7) is 5.12. The second kappa shape index (κ2) is 6.72. The Morgan fingerprint density at radius 2 is 2.00 bits per heavy atom. The topological polar surface area (TPSA) is 32.3 Å². The lowest BCUT2D eigenvalue weighted by molar-refractivity contribution is -0.118. The molecule has 2 aliphatic rings. The molecule has 3 rings (SSSR count). The fourth-order valence-electron chi connectivity index (χ4n) is 4.01. The Morgan fingerprint density at radius 3 is 2.73 bits per heavy atom. The highest BCUT2D eigenvalue weighted by molar-refractivity contribution is 5.96. The molecule has 1 amide bonds. The van der Waals surface area contributed by atoms with Gasteiger partial charge < -0.3 is 10.2 Å². The van der Waals surface area contributed by atoms with E-state index >= 15 is 0 Å². The van der Waals surface area contributed by atoms with Crippen LogP contribution in [-0.4, -0.2) is 18.5 Å². The smallest absolute Gasteiger partial charge is 0.227 e. The third kappa shape index (κ3) is 3.13. The van der Waals surface area contributed by atoms with Crippen LogP contribution in [0.5, 0.6) is 0 Å². The van der Waals surface area contributed by atoms with Gasteiger partial charge in [0.25, 0.3) is 0 Å². The van der Waals surface area contributed by atoms with Crippen LogP contribution in [0.15, 0.2) is 18.2 Å². The molecule has 22 heavy (non-hydrogen) atoms. The molecular weight excluding hydrogens is 272 g/mol. The van der Waals surface area contributed by atoms with Gasteiger partial charge in [-0.1, -0.05) is 19.3 Å². The lowest BCUT2D eigenvalue weighted by Crippen LogP contribution is -2.35. The molecule has 1 aliphatic carbocycles. The zero-order valence-corrected chi connectivity index (χ0v) is 13.9. The number of hydrogen-bond donors (Lipinski definition) is 1. The van der Waals surface area contributed by atoms with Crippen molar-refractivity contribution in [3.05, 3.63) is 23.8 Å². The SMILES string of the molecule is CCN1C(=O)CCc2cc(NC(C)C3CCCCC3)ccc21. The van der Waals surface area contributed by atoms with Gasteiger partial charge in [-0.3, -0.25) is 4.79 Å². The number of carbonyl (C=O) groups excluding carboxylic acids is 1. The van der Waals surface area contributed by atoms with Crippen LogP contribution in [-0.2, 0) is 11.2 Å². The molecule has 0 radical (unpaired) electrons. The molecule has 1 aromatic rings. The summed E-state index contributed by atoms with van der Waals surface area (Å²) < 4.78 is 0. The maximum Gasteiger partial charge on any atom is 0.227 e. The first-order valence-corrected chi connectivity index (χ1v) is 8.89. The van der Waals surface area contributed by atoms with Crippen molar-refractivity contribution >= 4 is 17.3 Å². The first-order chi connectivity index (χ1) is 10.7. The summed E-state index contributed by atoms with van der Waals surface area (Å²) in [6, 6.07) is 7.04. The van der Waals surface area contributed by atoms with Gasteiger partial charge in [-0.2, -0.15) is 0 Å². The molecule has 120 valence electrons. The Bertz CT molecular complexity index is 534. The highest BCUT2D eigenvalue weighted by Crippen LogP contribution is 2.32. The summed E-state index contributed by atoms with van der Waals surface area (Å²) in [5.41, 5.74) is 3.62. The molecule has 0 bridgehead atoms. The Hall–Kier alpha value is -1.51. The minimum atomic E-state index is 0.256. The van der Waals surface area contributed by atoms with Crippen LogP contribution < -0.4 is 10.2 Å². The predicted octanol–water partition coefficient (Wildman–Crippen LogP) is 4.37. The van der Waals surface area contributed by atoms with Gasteiger partial charge in [0.15, 0.2) is 0 Å². The van der Waals surface area contributed by atoms with E-state index in [2.05, 4.69) is 30.4 Å². The number of benzene rings is 1. The zero-order chi connectivity index (χ0) is 15.5. The van der Waals surface area contributed by atoms with Crippen LogP contribution in [0.1, 0.15) is 57.9 Å². The molecule has 1 heterocycles. The molecule has 0 spiro atoms. The van der Waals surface area contributed by atoms with E-state index in [1.54, 1.807) is 0 Å². The summed E-state index contributed by atoms with van der Waals surface area (Å²) in [5, 5.41) is 3.70. The van der Waals surface area contributed by atoms with Crippen molar-refractivity contribution in [3.8, 4) is 0 Å². The summed E-state index contributed by atoms with van der Waals surface area (Å²) in [6.07, 6.45) is 8.40. The predicted molar refractivity (Wildman–Crippen MR) is 92.4 cm³/mol. The van der Waals surface area contributed by atoms with Crippen molar-refractivity contribution in [1.29, 1.82) is 0 Å². The number of fused-ring (bicyclic) bond motifs is 1. The normalized spacial score (nSPS) is 20.6. The van der Waals surface area contributed by atoms with Crippen LogP contribution in [0.4, 0.5) is 11.4 Å². The van der Waals surface area contributed by atoms with E-state index in [0.717, 1.165) is 24.6 Å². The third-order valence-electron chi connectivity index (χ3n) is 5.35. The molecule has 0 saturated heterocycles. The van der Waals surface area contributed by atoms with Gasteiger partial charge in [-0.25, -0.2) is 0 Å². The minimum absolute atomic E-state index is 0.256. The zero-order valence-electron chi connectivity index (χ0n) is 13.9. The van der Waals surface area contributed by atoms with E-state index < -0.39 is 0 Å².